The van der Waals surface area contributed by atoms with Gasteiger partial charge in [0.05, 0.1) is 12.7 Å². The molecule has 9 heteroatoms. The summed E-state index contributed by atoms with van der Waals surface area (Å²) in [5, 5.41) is 23.2. The zero-order valence-corrected chi connectivity index (χ0v) is 17.9. The molecule has 0 unspecified atom stereocenters. The van der Waals surface area contributed by atoms with Crippen molar-refractivity contribution in [2.45, 2.75) is 11.0 Å². The molecule has 0 aliphatic heterocycles. The summed E-state index contributed by atoms with van der Waals surface area (Å²) in [6, 6.07) is 23.9. The standard InChI is InChI=1S/C23H18N6O2S/c1-30-20-9-5-4-8-19(20)22-26-27-23(31-22)32-14-15-10-12-16(13-11-15)17-6-2-3-7-18(17)21-24-28-29-25-21/h2-13H,14H2,1H3,(H,24,25,28,29). The third-order valence-electron chi connectivity index (χ3n) is 4.88. The molecule has 0 radical (unpaired) electrons. The lowest BCUT2D eigenvalue weighted by Crippen LogP contribution is -1.88. The average molecular weight is 443 g/mol. The van der Waals surface area contributed by atoms with Crippen molar-refractivity contribution < 1.29 is 9.15 Å². The Bertz CT molecular complexity index is 1320. The molecule has 0 aliphatic carbocycles. The molecule has 5 aromatic rings. The number of nitrogens with zero attached hydrogens (tertiary/aromatic N) is 5. The highest BCUT2D eigenvalue weighted by molar-refractivity contribution is 7.98. The molecule has 32 heavy (non-hydrogen) atoms. The van der Waals surface area contributed by atoms with E-state index in [0.29, 0.717) is 28.4 Å². The maximum Gasteiger partial charge on any atom is 0.277 e. The van der Waals surface area contributed by atoms with Crippen LogP contribution in [0.5, 0.6) is 5.75 Å². The number of ether oxygens (including phenoxy) is 1. The smallest absolute Gasteiger partial charge is 0.277 e. The van der Waals surface area contributed by atoms with E-state index in [2.05, 4.69) is 55.1 Å². The van der Waals surface area contributed by atoms with Crippen molar-refractivity contribution in [3.8, 4) is 39.7 Å². The zero-order chi connectivity index (χ0) is 21.8. The molecule has 2 aromatic heterocycles. The van der Waals surface area contributed by atoms with E-state index in [0.717, 1.165) is 27.8 Å². The molecule has 5 rings (SSSR count). The van der Waals surface area contributed by atoms with Crippen LogP contribution in [-0.2, 0) is 5.75 Å². The number of para-hydroxylation sites is 1. The average Bonchev–Trinajstić information content (AvgIpc) is 3.56. The van der Waals surface area contributed by atoms with Gasteiger partial charge in [-0.05, 0) is 34.0 Å². The molecule has 2 heterocycles. The van der Waals surface area contributed by atoms with Gasteiger partial charge >= 0.3 is 0 Å². The number of nitrogens with one attached hydrogen (secondary N) is 1. The predicted octanol–water partition coefficient (Wildman–Crippen LogP) is 4.88. The van der Waals surface area contributed by atoms with Crippen LogP contribution in [0.15, 0.2) is 82.4 Å². The number of aromatic nitrogens is 6. The molecule has 0 saturated carbocycles. The molecule has 3 aromatic carbocycles. The van der Waals surface area contributed by atoms with E-state index in [1.807, 2.05) is 48.5 Å². The van der Waals surface area contributed by atoms with Crippen LogP contribution in [0.3, 0.4) is 0 Å². The van der Waals surface area contributed by atoms with E-state index in [-0.39, 0.29) is 0 Å². The molecule has 0 saturated heterocycles. The molecular formula is C23H18N6O2S. The highest BCUT2D eigenvalue weighted by atomic mass is 32.2. The van der Waals surface area contributed by atoms with Crippen molar-refractivity contribution in [3.63, 3.8) is 0 Å². The number of tetrazole rings is 1. The highest BCUT2D eigenvalue weighted by Gasteiger charge is 2.14. The third kappa shape index (κ3) is 4.10. The Labute approximate surface area is 188 Å². The van der Waals surface area contributed by atoms with Crippen molar-refractivity contribution in [3.05, 3.63) is 78.4 Å². The fourth-order valence-electron chi connectivity index (χ4n) is 3.33. The molecular weight excluding hydrogens is 424 g/mol. The first-order valence-electron chi connectivity index (χ1n) is 9.83. The second-order valence-electron chi connectivity index (χ2n) is 6.84. The SMILES string of the molecule is COc1ccccc1-c1nnc(SCc2ccc(-c3ccccc3-c3nn[nH]n3)cc2)o1. The van der Waals surface area contributed by atoms with Gasteiger partial charge in [0.25, 0.3) is 11.1 Å². The van der Waals surface area contributed by atoms with Crippen molar-refractivity contribution in [1.29, 1.82) is 0 Å². The van der Waals surface area contributed by atoms with Gasteiger partial charge in [-0.2, -0.15) is 5.21 Å². The van der Waals surface area contributed by atoms with Crippen molar-refractivity contribution in [2.24, 2.45) is 0 Å². The summed E-state index contributed by atoms with van der Waals surface area (Å²) in [5.41, 5.74) is 4.98. The van der Waals surface area contributed by atoms with Gasteiger partial charge in [0.15, 0.2) is 0 Å². The van der Waals surface area contributed by atoms with Gasteiger partial charge in [0.1, 0.15) is 5.75 Å². The second-order valence-corrected chi connectivity index (χ2v) is 7.77. The molecule has 0 bridgehead atoms. The van der Waals surface area contributed by atoms with Crippen LogP contribution in [0.1, 0.15) is 5.56 Å². The summed E-state index contributed by atoms with van der Waals surface area (Å²) < 4.78 is 11.2. The van der Waals surface area contributed by atoms with Crippen molar-refractivity contribution in [2.75, 3.05) is 7.11 Å². The van der Waals surface area contributed by atoms with Crippen molar-refractivity contribution in [1.82, 2.24) is 30.8 Å². The first-order valence-corrected chi connectivity index (χ1v) is 10.8. The first kappa shape index (κ1) is 20.0. The minimum Gasteiger partial charge on any atom is -0.496 e. The van der Waals surface area contributed by atoms with Crippen LogP contribution in [0.2, 0.25) is 0 Å². The van der Waals surface area contributed by atoms with Gasteiger partial charge in [-0.3, -0.25) is 0 Å². The number of hydrogen-bond donors (Lipinski definition) is 1. The molecule has 0 amide bonds. The van der Waals surface area contributed by atoms with E-state index in [4.69, 9.17) is 9.15 Å². The second kappa shape index (κ2) is 9.03. The lowest BCUT2D eigenvalue weighted by Gasteiger charge is -2.07. The number of H-pyrrole nitrogens is 1. The Morgan fingerprint density at radius 1 is 0.844 bits per heavy atom. The zero-order valence-electron chi connectivity index (χ0n) is 17.1. The topological polar surface area (TPSA) is 103 Å². The largest absolute Gasteiger partial charge is 0.496 e. The highest BCUT2D eigenvalue weighted by Crippen LogP contribution is 2.33. The van der Waals surface area contributed by atoms with Gasteiger partial charge in [-0.15, -0.1) is 20.4 Å². The number of methoxy groups -OCH3 is 1. The molecule has 158 valence electrons. The normalized spacial score (nSPS) is 10.9. The number of benzene rings is 3. The summed E-state index contributed by atoms with van der Waals surface area (Å²) in [4.78, 5) is 0. The Balaban J connectivity index is 1.29. The molecule has 8 nitrogen and oxygen atoms in total. The van der Waals surface area contributed by atoms with E-state index in [9.17, 15) is 0 Å². The fourth-order valence-corrected chi connectivity index (χ4v) is 4.05. The number of thioether (sulfide) groups is 1. The van der Waals surface area contributed by atoms with E-state index >= 15 is 0 Å². The number of rotatable bonds is 7. The monoisotopic (exact) mass is 442 g/mol. The van der Waals surface area contributed by atoms with E-state index in [1.165, 1.54) is 11.8 Å². The quantitative estimate of drug-likeness (QED) is 0.356. The van der Waals surface area contributed by atoms with E-state index in [1.54, 1.807) is 7.11 Å². The summed E-state index contributed by atoms with van der Waals surface area (Å²) in [6.07, 6.45) is 0. The summed E-state index contributed by atoms with van der Waals surface area (Å²) in [7, 11) is 1.62. The van der Waals surface area contributed by atoms with Crippen molar-refractivity contribution >= 4 is 11.8 Å². The summed E-state index contributed by atoms with van der Waals surface area (Å²) >= 11 is 1.49. The van der Waals surface area contributed by atoms with E-state index < -0.39 is 0 Å². The summed E-state index contributed by atoms with van der Waals surface area (Å²) in [5.74, 6) is 2.42. The molecule has 0 fully saturated rings. The molecule has 0 atom stereocenters. The third-order valence-corrected chi connectivity index (χ3v) is 5.77. The Morgan fingerprint density at radius 2 is 1.59 bits per heavy atom. The van der Waals surface area contributed by atoms with Gasteiger partial charge in [-0.1, -0.05) is 72.4 Å². The maximum absolute atomic E-state index is 5.82. The van der Waals surface area contributed by atoms with Crippen LogP contribution in [-0.4, -0.2) is 37.9 Å². The minimum atomic E-state index is 0.443. The minimum absolute atomic E-state index is 0.443. The van der Waals surface area contributed by atoms with Crippen LogP contribution >= 0.6 is 11.8 Å². The van der Waals surface area contributed by atoms with Gasteiger partial charge in [-0.25, -0.2) is 0 Å². The Kier molecular flexibility index (Phi) is 5.63. The van der Waals surface area contributed by atoms with Gasteiger partial charge in [0.2, 0.25) is 5.82 Å². The van der Waals surface area contributed by atoms with Crippen LogP contribution in [0, 0.1) is 0 Å². The van der Waals surface area contributed by atoms with Gasteiger partial charge in [0, 0.05) is 11.3 Å². The van der Waals surface area contributed by atoms with Crippen LogP contribution in [0.4, 0.5) is 0 Å². The number of aromatic amines is 1. The van der Waals surface area contributed by atoms with Crippen LogP contribution in [0.25, 0.3) is 34.0 Å². The lowest BCUT2D eigenvalue weighted by atomic mass is 9.98. The Morgan fingerprint density at radius 3 is 2.34 bits per heavy atom. The maximum atomic E-state index is 5.82. The fraction of sp³-hybridized carbons (Fsp3) is 0.0870. The molecule has 1 N–H and O–H groups in total. The summed E-state index contributed by atoms with van der Waals surface area (Å²) in [6.45, 7) is 0. The molecule has 0 aliphatic rings. The number of hydrogen-bond acceptors (Lipinski definition) is 8. The first-order chi connectivity index (χ1) is 15.8. The van der Waals surface area contributed by atoms with Gasteiger partial charge < -0.3 is 9.15 Å². The molecule has 0 spiro atoms. The lowest BCUT2D eigenvalue weighted by molar-refractivity contribution is 0.411. The van der Waals surface area contributed by atoms with Crippen LogP contribution < -0.4 is 4.74 Å². The predicted molar refractivity (Wildman–Crippen MR) is 121 cm³/mol. The Hall–Kier alpha value is -3.98.